The molecule has 0 unspecified atom stereocenters. The van der Waals surface area contributed by atoms with Crippen LogP contribution in [-0.2, 0) is 6.42 Å². The average molecular weight is 281 g/mol. The number of fused-ring (bicyclic) bond motifs is 1. The van der Waals surface area contributed by atoms with Crippen molar-refractivity contribution in [1.29, 1.82) is 0 Å². The minimum Gasteiger partial charge on any atom is -0.457 e. The summed E-state index contributed by atoms with van der Waals surface area (Å²) in [5.41, 5.74) is 7.47. The van der Waals surface area contributed by atoms with Crippen molar-refractivity contribution in [3.05, 3.63) is 59.2 Å². The van der Waals surface area contributed by atoms with E-state index in [4.69, 9.17) is 10.5 Å². The molecule has 0 heterocycles. The van der Waals surface area contributed by atoms with Gasteiger partial charge in [-0.1, -0.05) is 6.07 Å². The van der Waals surface area contributed by atoms with E-state index in [2.05, 4.69) is 0 Å². The minimum absolute atomic E-state index is 0.172. The molecule has 1 aliphatic carbocycles. The van der Waals surface area contributed by atoms with Crippen LogP contribution in [0.3, 0.4) is 0 Å². The number of amides is 1. The number of Topliss-reactive ketones (excluding diaryl/α,β-unsaturated/α-hetero) is 1. The van der Waals surface area contributed by atoms with Gasteiger partial charge in [0, 0.05) is 17.5 Å². The fourth-order valence-corrected chi connectivity index (χ4v) is 2.49. The summed E-state index contributed by atoms with van der Waals surface area (Å²) in [6.45, 7) is 0. The van der Waals surface area contributed by atoms with Gasteiger partial charge in [0.1, 0.15) is 11.5 Å². The van der Waals surface area contributed by atoms with E-state index in [0.717, 1.165) is 24.0 Å². The Morgan fingerprint density at radius 1 is 1.00 bits per heavy atom. The third kappa shape index (κ3) is 2.79. The van der Waals surface area contributed by atoms with Gasteiger partial charge in [-0.05, 0) is 54.8 Å². The first-order valence-electron chi connectivity index (χ1n) is 6.87. The Kier molecular flexibility index (Phi) is 3.44. The van der Waals surface area contributed by atoms with E-state index in [-0.39, 0.29) is 5.78 Å². The molecule has 2 aromatic carbocycles. The zero-order valence-corrected chi connectivity index (χ0v) is 11.5. The van der Waals surface area contributed by atoms with Crippen molar-refractivity contribution in [2.45, 2.75) is 19.3 Å². The second-order valence-electron chi connectivity index (χ2n) is 5.09. The fraction of sp³-hybridized carbons (Fsp3) is 0.176. The summed E-state index contributed by atoms with van der Waals surface area (Å²) in [7, 11) is 0. The first kappa shape index (κ1) is 13.4. The van der Waals surface area contributed by atoms with Gasteiger partial charge >= 0.3 is 0 Å². The number of ketones is 1. The number of primary amides is 1. The van der Waals surface area contributed by atoms with Crippen molar-refractivity contribution in [1.82, 2.24) is 0 Å². The second kappa shape index (κ2) is 5.40. The van der Waals surface area contributed by atoms with Crippen molar-refractivity contribution in [2.24, 2.45) is 5.73 Å². The molecule has 0 aliphatic heterocycles. The van der Waals surface area contributed by atoms with Gasteiger partial charge in [-0.2, -0.15) is 0 Å². The standard InChI is InChI=1S/C17H15NO3/c18-17(20)12-5-7-13(8-6-12)21-14-9-4-11-2-1-3-16(19)15(11)10-14/h4-10H,1-3H2,(H2,18,20). The third-order valence-corrected chi connectivity index (χ3v) is 3.61. The monoisotopic (exact) mass is 281 g/mol. The molecule has 0 bridgehead atoms. The van der Waals surface area contributed by atoms with E-state index in [0.29, 0.717) is 23.5 Å². The molecule has 0 saturated carbocycles. The number of carbonyl (C=O) groups is 2. The zero-order valence-electron chi connectivity index (χ0n) is 11.5. The summed E-state index contributed by atoms with van der Waals surface area (Å²) in [6, 6.07) is 12.2. The van der Waals surface area contributed by atoms with Crippen LogP contribution in [0, 0.1) is 0 Å². The van der Waals surface area contributed by atoms with Crippen molar-refractivity contribution in [3.63, 3.8) is 0 Å². The van der Waals surface area contributed by atoms with E-state index in [9.17, 15) is 9.59 Å². The maximum atomic E-state index is 11.9. The average Bonchev–Trinajstić information content (AvgIpc) is 2.49. The number of nitrogens with two attached hydrogens (primary N) is 1. The normalized spacial score (nSPS) is 13.6. The van der Waals surface area contributed by atoms with Gasteiger partial charge in [-0.25, -0.2) is 0 Å². The Morgan fingerprint density at radius 2 is 1.71 bits per heavy atom. The summed E-state index contributed by atoms with van der Waals surface area (Å²) < 4.78 is 5.72. The van der Waals surface area contributed by atoms with E-state index in [1.807, 2.05) is 12.1 Å². The number of ether oxygens (including phenoxy) is 1. The summed E-state index contributed by atoms with van der Waals surface area (Å²) in [6.07, 6.45) is 2.46. The van der Waals surface area contributed by atoms with Gasteiger partial charge in [0.2, 0.25) is 5.91 Å². The zero-order chi connectivity index (χ0) is 14.8. The van der Waals surface area contributed by atoms with Crippen LogP contribution in [0.25, 0.3) is 0 Å². The van der Waals surface area contributed by atoms with Gasteiger partial charge in [0.15, 0.2) is 5.78 Å². The predicted molar refractivity (Wildman–Crippen MR) is 78.7 cm³/mol. The van der Waals surface area contributed by atoms with Crippen molar-refractivity contribution >= 4 is 11.7 Å². The summed E-state index contributed by atoms with van der Waals surface area (Å²) in [4.78, 5) is 22.9. The lowest BCUT2D eigenvalue weighted by Crippen LogP contribution is -2.10. The summed E-state index contributed by atoms with van der Waals surface area (Å²) in [5.74, 6) is 0.922. The van der Waals surface area contributed by atoms with Crippen LogP contribution in [0.2, 0.25) is 0 Å². The van der Waals surface area contributed by atoms with E-state index < -0.39 is 5.91 Å². The number of carbonyl (C=O) groups excluding carboxylic acids is 2. The van der Waals surface area contributed by atoms with Crippen LogP contribution in [0.1, 0.15) is 39.1 Å². The second-order valence-corrected chi connectivity index (χ2v) is 5.09. The van der Waals surface area contributed by atoms with E-state index >= 15 is 0 Å². The minimum atomic E-state index is -0.471. The van der Waals surface area contributed by atoms with Gasteiger partial charge < -0.3 is 10.5 Å². The number of aryl methyl sites for hydroxylation is 1. The summed E-state index contributed by atoms with van der Waals surface area (Å²) in [5, 5.41) is 0. The molecule has 1 amide bonds. The number of rotatable bonds is 3. The molecule has 0 saturated heterocycles. The van der Waals surface area contributed by atoms with Crippen molar-refractivity contribution < 1.29 is 14.3 Å². The number of hydrogen-bond donors (Lipinski definition) is 1. The van der Waals surface area contributed by atoms with Crippen molar-refractivity contribution in [3.8, 4) is 11.5 Å². The Labute approximate surface area is 122 Å². The van der Waals surface area contributed by atoms with Crippen LogP contribution < -0.4 is 10.5 Å². The van der Waals surface area contributed by atoms with Crippen LogP contribution in [0.15, 0.2) is 42.5 Å². The molecule has 1 aliphatic rings. The lowest BCUT2D eigenvalue weighted by atomic mass is 9.90. The number of benzene rings is 2. The van der Waals surface area contributed by atoms with Gasteiger partial charge in [-0.3, -0.25) is 9.59 Å². The first-order valence-corrected chi connectivity index (χ1v) is 6.87. The quantitative estimate of drug-likeness (QED) is 0.939. The van der Waals surface area contributed by atoms with Gasteiger partial charge in [0.25, 0.3) is 0 Å². The molecule has 21 heavy (non-hydrogen) atoms. The highest BCUT2D eigenvalue weighted by Crippen LogP contribution is 2.28. The Morgan fingerprint density at radius 3 is 2.43 bits per heavy atom. The van der Waals surface area contributed by atoms with E-state index in [1.165, 1.54) is 0 Å². The fourth-order valence-electron chi connectivity index (χ4n) is 2.49. The molecular formula is C17H15NO3. The third-order valence-electron chi connectivity index (χ3n) is 3.61. The first-order chi connectivity index (χ1) is 10.1. The van der Waals surface area contributed by atoms with Crippen LogP contribution >= 0.6 is 0 Å². The lowest BCUT2D eigenvalue weighted by molar-refractivity contribution is 0.0970. The molecule has 0 aromatic heterocycles. The molecule has 2 N–H and O–H groups in total. The molecule has 3 rings (SSSR count). The van der Waals surface area contributed by atoms with Crippen LogP contribution in [0.4, 0.5) is 0 Å². The predicted octanol–water partition coefficient (Wildman–Crippen LogP) is 3.10. The molecule has 4 heteroatoms. The highest BCUT2D eigenvalue weighted by Gasteiger charge is 2.17. The van der Waals surface area contributed by atoms with E-state index in [1.54, 1.807) is 30.3 Å². The molecule has 4 nitrogen and oxygen atoms in total. The Balaban J connectivity index is 1.83. The molecule has 0 spiro atoms. The molecule has 106 valence electrons. The van der Waals surface area contributed by atoms with Crippen LogP contribution in [-0.4, -0.2) is 11.7 Å². The highest BCUT2D eigenvalue weighted by molar-refractivity contribution is 5.98. The Bertz CT molecular complexity index is 704. The highest BCUT2D eigenvalue weighted by atomic mass is 16.5. The molecular weight excluding hydrogens is 266 g/mol. The lowest BCUT2D eigenvalue weighted by Gasteiger charge is -2.15. The SMILES string of the molecule is NC(=O)c1ccc(Oc2ccc3c(c2)C(=O)CCC3)cc1. The number of hydrogen-bond acceptors (Lipinski definition) is 3. The van der Waals surface area contributed by atoms with Crippen molar-refractivity contribution in [2.75, 3.05) is 0 Å². The molecule has 0 radical (unpaired) electrons. The molecule has 0 fully saturated rings. The smallest absolute Gasteiger partial charge is 0.248 e. The van der Waals surface area contributed by atoms with Crippen LogP contribution in [0.5, 0.6) is 11.5 Å². The summed E-state index contributed by atoms with van der Waals surface area (Å²) >= 11 is 0. The van der Waals surface area contributed by atoms with Gasteiger partial charge in [-0.15, -0.1) is 0 Å². The van der Waals surface area contributed by atoms with Gasteiger partial charge in [0.05, 0.1) is 0 Å². The molecule has 0 atom stereocenters. The Hall–Kier alpha value is -2.62. The topological polar surface area (TPSA) is 69.4 Å². The molecule has 2 aromatic rings. The maximum Gasteiger partial charge on any atom is 0.248 e. The largest absolute Gasteiger partial charge is 0.457 e. The maximum absolute atomic E-state index is 11.9.